The minimum Gasteiger partial charge on any atom is -0.469 e. The maximum absolute atomic E-state index is 12.7. The van der Waals surface area contributed by atoms with Crippen LogP contribution in [0.1, 0.15) is 78.1 Å². The normalized spacial score (nSPS) is 44.4. The van der Waals surface area contributed by atoms with Crippen LogP contribution in [0.3, 0.4) is 0 Å². The number of nitrogens with two attached hydrogens (primary N) is 2. The number of nitrogens with zero attached hydrogens (tertiary/aromatic N) is 1. The first kappa shape index (κ1) is 24.1. The van der Waals surface area contributed by atoms with E-state index in [1.807, 2.05) is 4.90 Å². The number of carbonyl (C=O) groups excluding carboxylic acids is 2. The molecule has 0 aromatic heterocycles. The Hall–Kier alpha value is -1.60. The largest absolute Gasteiger partial charge is 0.469 e. The standard InChI is InChI=1S/C27H43N3O4/c1-25-11-6-19(34-24(32)30-14-9-18(28)10-15-30)16-17(25)4-5-21-20(25)7-12-26(2)22(23(31)33-3)8-13-27(21,26)29/h16,18-22H,4-15,28-29H2,1-3H3/t19-,20?,21?,22+,25-,26+,27?/m0/s1. The van der Waals surface area contributed by atoms with Gasteiger partial charge in [0.25, 0.3) is 0 Å². The lowest BCUT2D eigenvalue weighted by Gasteiger charge is -2.62. The van der Waals surface area contributed by atoms with Crippen LogP contribution in [-0.4, -0.2) is 54.8 Å². The van der Waals surface area contributed by atoms with Crippen LogP contribution < -0.4 is 11.5 Å². The molecule has 0 aromatic carbocycles. The molecule has 0 bridgehead atoms. The van der Waals surface area contributed by atoms with E-state index in [1.54, 1.807) is 0 Å². The van der Waals surface area contributed by atoms with Crippen LogP contribution in [0.25, 0.3) is 0 Å². The van der Waals surface area contributed by atoms with Crippen molar-refractivity contribution in [1.82, 2.24) is 4.90 Å². The van der Waals surface area contributed by atoms with Crippen molar-refractivity contribution in [2.45, 2.75) is 95.7 Å². The zero-order valence-electron chi connectivity index (χ0n) is 21.2. The molecule has 0 spiro atoms. The Morgan fingerprint density at radius 3 is 2.44 bits per heavy atom. The lowest BCUT2D eigenvalue weighted by molar-refractivity contribution is -0.154. The van der Waals surface area contributed by atoms with Gasteiger partial charge in [-0.1, -0.05) is 19.4 Å². The number of amides is 1. The fourth-order valence-corrected chi connectivity index (χ4v) is 8.67. The summed E-state index contributed by atoms with van der Waals surface area (Å²) >= 11 is 0. The second kappa shape index (κ2) is 8.51. The summed E-state index contributed by atoms with van der Waals surface area (Å²) in [6, 6.07) is 0.197. The van der Waals surface area contributed by atoms with E-state index in [4.69, 9.17) is 20.9 Å². The minimum atomic E-state index is -0.318. The second-order valence-electron chi connectivity index (χ2n) is 12.3. The fourth-order valence-electron chi connectivity index (χ4n) is 8.67. The maximum atomic E-state index is 12.7. The molecule has 1 saturated heterocycles. The van der Waals surface area contributed by atoms with Crippen LogP contribution in [0, 0.1) is 28.6 Å². The fraction of sp³-hybridized carbons (Fsp3) is 0.852. The zero-order valence-corrected chi connectivity index (χ0v) is 21.2. The summed E-state index contributed by atoms with van der Waals surface area (Å²) in [7, 11) is 1.50. The minimum absolute atomic E-state index is 0.0890. The van der Waals surface area contributed by atoms with E-state index < -0.39 is 0 Å². The van der Waals surface area contributed by atoms with Crippen molar-refractivity contribution < 1.29 is 19.1 Å². The molecule has 7 nitrogen and oxygen atoms in total. The first-order valence-electron chi connectivity index (χ1n) is 13.4. The number of carbonyl (C=O) groups is 2. The van der Waals surface area contributed by atoms with Crippen molar-refractivity contribution in [2.24, 2.45) is 40.1 Å². The van der Waals surface area contributed by atoms with Gasteiger partial charge in [-0.05, 0) is 93.0 Å². The van der Waals surface area contributed by atoms with Crippen LogP contribution in [-0.2, 0) is 14.3 Å². The van der Waals surface area contributed by atoms with E-state index in [9.17, 15) is 9.59 Å². The molecule has 5 aliphatic rings. The summed E-state index contributed by atoms with van der Waals surface area (Å²) in [5.41, 5.74) is 14.3. The first-order valence-corrected chi connectivity index (χ1v) is 13.4. The number of likely N-dealkylation sites (tertiary alicyclic amines) is 1. The Balaban J connectivity index is 1.31. The molecular weight excluding hydrogens is 430 g/mol. The molecule has 4 N–H and O–H groups in total. The molecule has 7 heteroatoms. The van der Waals surface area contributed by atoms with Gasteiger partial charge in [0.2, 0.25) is 0 Å². The van der Waals surface area contributed by atoms with Crippen molar-refractivity contribution in [2.75, 3.05) is 20.2 Å². The Morgan fingerprint density at radius 2 is 1.74 bits per heavy atom. The highest BCUT2D eigenvalue weighted by Gasteiger charge is 2.66. The number of ether oxygens (including phenoxy) is 2. The number of methoxy groups -OCH3 is 1. The van der Waals surface area contributed by atoms with Crippen molar-refractivity contribution in [3.8, 4) is 0 Å². The lowest BCUT2D eigenvalue weighted by atomic mass is 9.44. The number of rotatable bonds is 2. The summed E-state index contributed by atoms with van der Waals surface area (Å²) < 4.78 is 11.1. The van der Waals surface area contributed by atoms with Crippen LogP contribution in [0.2, 0.25) is 0 Å². The quantitative estimate of drug-likeness (QED) is 0.467. The van der Waals surface area contributed by atoms with Crippen LogP contribution in [0.4, 0.5) is 4.79 Å². The molecule has 34 heavy (non-hydrogen) atoms. The predicted molar refractivity (Wildman–Crippen MR) is 130 cm³/mol. The summed E-state index contributed by atoms with van der Waals surface area (Å²) in [5, 5.41) is 0. The average Bonchev–Trinajstić information content (AvgIpc) is 3.10. The third-order valence-corrected chi connectivity index (χ3v) is 10.9. The van der Waals surface area contributed by atoms with Crippen molar-refractivity contribution >= 4 is 12.1 Å². The summed E-state index contributed by atoms with van der Waals surface area (Å²) in [4.78, 5) is 27.1. The molecule has 3 saturated carbocycles. The van der Waals surface area contributed by atoms with Crippen molar-refractivity contribution in [3.63, 3.8) is 0 Å². The molecule has 1 amide bonds. The number of piperidine rings is 1. The van der Waals surface area contributed by atoms with E-state index in [0.29, 0.717) is 24.9 Å². The van der Waals surface area contributed by atoms with Gasteiger partial charge in [0.05, 0.1) is 13.0 Å². The monoisotopic (exact) mass is 473 g/mol. The lowest BCUT2D eigenvalue weighted by Crippen LogP contribution is -2.65. The highest BCUT2D eigenvalue weighted by atomic mass is 16.6. The van der Waals surface area contributed by atoms with E-state index in [1.165, 1.54) is 12.7 Å². The van der Waals surface area contributed by atoms with Crippen molar-refractivity contribution in [3.05, 3.63) is 11.6 Å². The Kier molecular flexibility index (Phi) is 6.03. The predicted octanol–water partition coefficient (Wildman–Crippen LogP) is 3.75. The van der Waals surface area contributed by atoms with Crippen LogP contribution in [0.5, 0.6) is 0 Å². The van der Waals surface area contributed by atoms with Gasteiger partial charge in [0, 0.05) is 24.7 Å². The van der Waals surface area contributed by atoms with Gasteiger partial charge in [-0.2, -0.15) is 0 Å². The number of hydrogen-bond acceptors (Lipinski definition) is 6. The second-order valence-corrected chi connectivity index (χ2v) is 12.3. The topological polar surface area (TPSA) is 108 Å². The molecule has 1 aliphatic heterocycles. The number of esters is 1. The number of fused-ring (bicyclic) bond motifs is 5. The third kappa shape index (κ3) is 3.52. The molecule has 0 aromatic rings. The van der Waals surface area contributed by atoms with Gasteiger partial charge in [-0.3, -0.25) is 4.79 Å². The van der Waals surface area contributed by atoms with Gasteiger partial charge in [-0.15, -0.1) is 0 Å². The van der Waals surface area contributed by atoms with E-state index in [2.05, 4.69) is 19.9 Å². The Labute approximate surface area is 203 Å². The van der Waals surface area contributed by atoms with Gasteiger partial charge < -0.3 is 25.8 Å². The highest BCUT2D eigenvalue weighted by Crippen LogP contribution is 2.67. The van der Waals surface area contributed by atoms with Gasteiger partial charge in [0.15, 0.2) is 0 Å². The van der Waals surface area contributed by atoms with Gasteiger partial charge in [0.1, 0.15) is 6.10 Å². The number of allylic oxidation sites excluding steroid dienone is 1. The molecular formula is C27H43N3O4. The van der Waals surface area contributed by atoms with Gasteiger partial charge >= 0.3 is 12.1 Å². The first-order chi connectivity index (χ1) is 16.1. The zero-order chi connectivity index (χ0) is 24.3. The van der Waals surface area contributed by atoms with E-state index in [-0.39, 0.29) is 46.5 Å². The van der Waals surface area contributed by atoms with E-state index >= 15 is 0 Å². The molecule has 3 unspecified atom stereocenters. The summed E-state index contributed by atoms with van der Waals surface area (Å²) in [6.45, 7) is 6.04. The van der Waals surface area contributed by atoms with Crippen LogP contribution >= 0.6 is 0 Å². The molecule has 190 valence electrons. The van der Waals surface area contributed by atoms with E-state index in [0.717, 1.165) is 64.2 Å². The highest BCUT2D eigenvalue weighted by molar-refractivity contribution is 5.74. The molecule has 4 aliphatic carbocycles. The third-order valence-electron chi connectivity index (χ3n) is 10.9. The van der Waals surface area contributed by atoms with Crippen molar-refractivity contribution in [1.29, 1.82) is 0 Å². The smallest absolute Gasteiger partial charge is 0.410 e. The Morgan fingerprint density at radius 1 is 1.00 bits per heavy atom. The molecule has 0 radical (unpaired) electrons. The SMILES string of the molecule is COC(=O)[C@H]1CCC2(N)C3CCC4=C[C@@H](OC(=O)N5CCC(N)CC5)CC[C@]4(C)C3CC[C@]12C. The molecule has 5 rings (SSSR count). The van der Waals surface area contributed by atoms with Gasteiger partial charge in [-0.25, -0.2) is 4.79 Å². The maximum Gasteiger partial charge on any atom is 0.410 e. The molecule has 7 atom stereocenters. The van der Waals surface area contributed by atoms with Crippen LogP contribution in [0.15, 0.2) is 11.6 Å². The average molecular weight is 474 g/mol. The summed E-state index contributed by atoms with van der Waals surface area (Å²) in [5.74, 6) is 0.753. The molecule has 4 fully saturated rings. The molecule has 1 heterocycles. The summed E-state index contributed by atoms with van der Waals surface area (Å²) in [6.07, 6.45) is 11.4. The Bertz CT molecular complexity index is 868. The number of hydrogen-bond donors (Lipinski definition) is 2.